The number of nitrogens with zero attached hydrogens (tertiary/aromatic N) is 1. The van der Waals surface area contributed by atoms with Gasteiger partial charge in [-0.25, -0.2) is 0 Å². The molecule has 0 aliphatic heterocycles. The van der Waals surface area contributed by atoms with Gasteiger partial charge in [-0.05, 0) is 5.56 Å². The summed E-state index contributed by atoms with van der Waals surface area (Å²) in [4.78, 5) is 10.0. The minimum Gasteiger partial charge on any atom is -0.388 e. The van der Waals surface area contributed by atoms with Crippen LogP contribution in [0, 0.1) is 10.1 Å². The standard InChI is InChI=1S/C10H14NO6P/c1-16-18(15,17-2)7-10(12)8-4-3-5-9(6-8)11(13)14/h3-6,10,12H,7H2,1-2H3. The van der Waals surface area contributed by atoms with Crippen LogP contribution in [0.5, 0.6) is 0 Å². The number of aliphatic hydroxyl groups excluding tert-OH is 1. The number of hydrogen-bond acceptors (Lipinski definition) is 6. The van der Waals surface area contributed by atoms with E-state index >= 15 is 0 Å². The Labute approximate surface area is 104 Å². The predicted molar refractivity (Wildman–Crippen MR) is 64.5 cm³/mol. The van der Waals surface area contributed by atoms with Crippen LogP contribution in [-0.4, -0.2) is 30.4 Å². The lowest BCUT2D eigenvalue weighted by atomic mass is 10.1. The smallest absolute Gasteiger partial charge is 0.333 e. The van der Waals surface area contributed by atoms with Crippen molar-refractivity contribution in [1.29, 1.82) is 0 Å². The molecule has 0 radical (unpaired) electrons. The highest BCUT2D eigenvalue weighted by Crippen LogP contribution is 2.49. The van der Waals surface area contributed by atoms with E-state index in [1.807, 2.05) is 0 Å². The van der Waals surface area contributed by atoms with E-state index < -0.39 is 18.6 Å². The molecule has 1 unspecified atom stereocenters. The zero-order valence-corrected chi connectivity index (χ0v) is 10.9. The first kappa shape index (κ1) is 14.8. The van der Waals surface area contributed by atoms with Crippen molar-refractivity contribution in [3.8, 4) is 0 Å². The van der Waals surface area contributed by atoms with Crippen LogP contribution in [0.1, 0.15) is 11.7 Å². The first-order chi connectivity index (χ1) is 8.41. The minimum absolute atomic E-state index is 0.142. The Morgan fingerprint density at radius 2 is 2.06 bits per heavy atom. The quantitative estimate of drug-likeness (QED) is 0.485. The van der Waals surface area contributed by atoms with Gasteiger partial charge in [-0.2, -0.15) is 0 Å². The summed E-state index contributed by atoms with van der Waals surface area (Å²) >= 11 is 0. The van der Waals surface area contributed by atoms with Gasteiger partial charge in [0.25, 0.3) is 5.69 Å². The number of nitro groups is 1. The van der Waals surface area contributed by atoms with Gasteiger partial charge in [0.1, 0.15) is 0 Å². The molecule has 0 saturated heterocycles. The van der Waals surface area contributed by atoms with Crippen LogP contribution in [0.2, 0.25) is 0 Å². The molecule has 100 valence electrons. The normalized spacial score (nSPS) is 13.3. The second-order valence-electron chi connectivity index (χ2n) is 3.53. The maximum atomic E-state index is 11.8. The fourth-order valence-electron chi connectivity index (χ4n) is 1.39. The fourth-order valence-corrected chi connectivity index (χ4v) is 2.47. The lowest BCUT2D eigenvalue weighted by molar-refractivity contribution is -0.385. The molecule has 0 aromatic heterocycles. The van der Waals surface area contributed by atoms with Gasteiger partial charge in [-0.3, -0.25) is 14.7 Å². The molecule has 0 spiro atoms. The van der Waals surface area contributed by atoms with Crippen molar-refractivity contribution in [3.63, 3.8) is 0 Å². The summed E-state index contributed by atoms with van der Waals surface area (Å²) in [7, 11) is -0.936. The molecule has 0 fully saturated rings. The molecule has 1 aromatic rings. The summed E-state index contributed by atoms with van der Waals surface area (Å²) in [5.74, 6) is 0. The number of nitro benzene ring substituents is 1. The van der Waals surface area contributed by atoms with Gasteiger partial charge in [-0.1, -0.05) is 12.1 Å². The van der Waals surface area contributed by atoms with Crippen molar-refractivity contribution < 1.29 is 23.6 Å². The molecule has 0 amide bonds. The highest BCUT2D eigenvalue weighted by Gasteiger charge is 2.27. The number of rotatable bonds is 6. The van der Waals surface area contributed by atoms with E-state index in [4.69, 9.17) is 9.05 Å². The molecule has 0 aliphatic carbocycles. The summed E-state index contributed by atoms with van der Waals surface area (Å²) in [6.07, 6.45) is -1.42. The van der Waals surface area contributed by atoms with Crippen LogP contribution in [0.3, 0.4) is 0 Å². The van der Waals surface area contributed by atoms with Gasteiger partial charge in [0, 0.05) is 26.4 Å². The Bertz CT molecular complexity index is 469. The van der Waals surface area contributed by atoms with Crippen LogP contribution in [0.25, 0.3) is 0 Å². The highest BCUT2D eigenvalue weighted by molar-refractivity contribution is 7.53. The molecule has 0 aliphatic rings. The van der Waals surface area contributed by atoms with Gasteiger partial charge in [0.15, 0.2) is 0 Å². The molecule has 1 aromatic carbocycles. The van der Waals surface area contributed by atoms with Crippen LogP contribution in [0.4, 0.5) is 5.69 Å². The van der Waals surface area contributed by atoms with E-state index in [9.17, 15) is 19.8 Å². The average Bonchev–Trinajstić information content (AvgIpc) is 2.38. The minimum atomic E-state index is -3.36. The van der Waals surface area contributed by atoms with Crippen molar-refractivity contribution in [1.82, 2.24) is 0 Å². The maximum Gasteiger partial charge on any atom is 0.333 e. The highest BCUT2D eigenvalue weighted by atomic mass is 31.2. The van der Waals surface area contributed by atoms with E-state index in [0.717, 1.165) is 0 Å². The van der Waals surface area contributed by atoms with E-state index in [-0.39, 0.29) is 11.8 Å². The zero-order chi connectivity index (χ0) is 13.8. The molecule has 1 rings (SSSR count). The van der Waals surface area contributed by atoms with Crippen LogP contribution in [-0.2, 0) is 13.6 Å². The number of benzene rings is 1. The Hall–Kier alpha value is -1.27. The first-order valence-corrected chi connectivity index (χ1v) is 6.77. The van der Waals surface area contributed by atoms with Gasteiger partial charge in [0.05, 0.1) is 17.2 Å². The van der Waals surface area contributed by atoms with Crippen molar-refractivity contribution in [3.05, 3.63) is 39.9 Å². The summed E-state index contributed by atoms with van der Waals surface area (Å²) in [5.41, 5.74) is 0.148. The molecule has 1 N–H and O–H groups in total. The Morgan fingerprint density at radius 1 is 1.44 bits per heavy atom. The van der Waals surface area contributed by atoms with E-state index in [1.54, 1.807) is 0 Å². The Balaban J connectivity index is 2.90. The Morgan fingerprint density at radius 3 is 2.56 bits per heavy atom. The average molecular weight is 275 g/mol. The van der Waals surface area contributed by atoms with Crippen LogP contribution in [0.15, 0.2) is 24.3 Å². The van der Waals surface area contributed by atoms with E-state index in [2.05, 4.69) is 0 Å². The first-order valence-electron chi connectivity index (χ1n) is 5.05. The van der Waals surface area contributed by atoms with Gasteiger partial charge in [0.2, 0.25) is 0 Å². The molecule has 18 heavy (non-hydrogen) atoms. The second kappa shape index (κ2) is 6.06. The van der Waals surface area contributed by atoms with Gasteiger partial charge < -0.3 is 14.2 Å². The lowest BCUT2D eigenvalue weighted by Crippen LogP contribution is -2.07. The van der Waals surface area contributed by atoms with Gasteiger partial charge in [-0.15, -0.1) is 0 Å². The topological polar surface area (TPSA) is 98.9 Å². The third-order valence-corrected chi connectivity index (χ3v) is 4.32. The summed E-state index contributed by atoms with van der Waals surface area (Å²) in [6.45, 7) is 0. The van der Waals surface area contributed by atoms with Crippen LogP contribution < -0.4 is 0 Å². The SMILES string of the molecule is COP(=O)(CC(O)c1cccc([N+](=O)[O-])c1)OC. The zero-order valence-electron chi connectivity index (χ0n) is 9.98. The van der Waals surface area contributed by atoms with Gasteiger partial charge >= 0.3 is 7.60 Å². The molecule has 8 heteroatoms. The lowest BCUT2D eigenvalue weighted by Gasteiger charge is -2.17. The second-order valence-corrected chi connectivity index (χ2v) is 5.84. The van der Waals surface area contributed by atoms with Crippen molar-refractivity contribution in [2.45, 2.75) is 6.10 Å². The molecule has 1 atom stereocenters. The fraction of sp³-hybridized carbons (Fsp3) is 0.400. The van der Waals surface area contributed by atoms with Crippen molar-refractivity contribution in [2.75, 3.05) is 20.4 Å². The molecule has 0 heterocycles. The monoisotopic (exact) mass is 275 g/mol. The summed E-state index contributed by atoms with van der Waals surface area (Å²) in [5, 5.41) is 20.5. The molecular formula is C10H14NO6P. The van der Waals surface area contributed by atoms with Crippen LogP contribution >= 0.6 is 7.60 Å². The molecule has 7 nitrogen and oxygen atoms in total. The predicted octanol–water partition coefficient (Wildman–Crippen LogP) is 2.11. The van der Waals surface area contributed by atoms with E-state index in [1.165, 1.54) is 38.5 Å². The molecule has 0 bridgehead atoms. The third-order valence-electron chi connectivity index (χ3n) is 2.42. The van der Waals surface area contributed by atoms with E-state index in [0.29, 0.717) is 5.56 Å². The summed E-state index contributed by atoms with van der Waals surface area (Å²) < 4.78 is 21.2. The summed E-state index contributed by atoms with van der Waals surface area (Å²) in [6, 6.07) is 5.48. The van der Waals surface area contributed by atoms with Crippen molar-refractivity contribution in [2.24, 2.45) is 0 Å². The number of hydrogen-bond donors (Lipinski definition) is 1. The molecular weight excluding hydrogens is 261 g/mol. The largest absolute Gasteiger partial charge is 0.388 e. The molecule has 0 saturated carbocycles. The Kier molecular flexibility index (Phi) is 4.98. The maximum absolute atomic E-state index is 11.8. The van der Waals surface area contributed by atoms with Crippen molar-refractivity contribution >= 4 is 13.3 Å². The third kappa shape index (κ3) is 3.61. The number of aliphatic hydroxyl groups is 1. The number of non-ortho nitro benzene ring substituents is 1.